The van der Waals surface area contributed by atoms with Crippen LogP contribution in [0.1, 0.15) is 42.9 Å². The summed E-state index contributed by atoms with van der Waals surface area (Å²) in [7, 11) is 0. The fourth-order valence-electron chi connectivity index (χ4n) is 2.55. The van der Waals surface area contributed by atoms with Gasteiger partial charge in [-0.1, -0.05) is 12.1 Å². The highest BCUT2D eigenvalue weighted by atomic mass is 16.3. The van der Waals surface area contributed by atoms with Gasteiger partial charge in [-0.3, -0.25) is 4.90 Å². The molecule has 1 unspecified atom stereocenters. The monoisotopic (exact) mass is 256 g/mol. The van der Waals surface area contributed by atoms with E-state index in [9.17, 15) is 5.11 Å². The third-order valence-corrected chi connectivity index (χ3v) is 4.08. The molecule has 2 fully saturated rings. The van der Waals surface area contributed by atoms with Crippen LogP contribution in [0.5, 0.6) is 0 Å². The number of aliphatic hydroxyl groups excluding tert-OH is 1. The Bertz CT molecular complexity index is 469. The van der Waals surface area contributed by atoms with Crippen LogP contribution < -0.4 is 0 Å². The van der Waals surface area contributed by atoms with E-state index < -0.39 is 6.10 Å². The van der Waals surface area contributed by atoms with Gasteiger partial charge in [0, 0.05) is 19.1 Å². The molecule has 1 atom stereocenters. The average Bonchev–Trinajstić information content (AvgIpc) is 3.29. The summed E-state index contributed by atoms with van der Waals surface area (Å²) >= 11 is 0. The number of hydrogen-bond donors (Lipinski definition) is 1. The Kier molecular flexibility index (Phi) is 3.54. The summed E-state index contributed by atoms with van der Waals surface area (Å²) in [5.41, 5.74) is 1.56. The molecule has 0 saturated heterocycles. The number of aliphatic hydroxyl groups is 1. The van der Waals surface area contributed by atoms with Crippen LogP contribution in [-0.4, -0.2) is 29.1 Å². The Morgan fingerprint density at radius 1 is 1.21 bits per heavy atom. The lowest BCUT2D eigenvalue weighted by molar-refractivity contribution is 0.106. The molecule has 0 bridgehead atoms. The topological polar surface area (TPSA) is 47.3 Å². The first-order valence-corrected chi connectivity index (χ1v) is 7.18. The normalized spacial score (nSPS) is 20.3. The summed E-state index contributed by atoms with van der Waals surface area (Å²) in [4.78, 5) is 2.46. The van der Waals surface area contributed by atoms with Crippen molar-refractivity contribution < 1.29 is 5.11 Å². The van der Waals surface area contributed by atoms with Gasteiger partial charge in [0.05, 0.1) is 17.7 Å². The molecule has 19 heavy (non-hydrogen) atoms. The van der Waals surface area contributed by atoms with Crippen molar-refractivity contribution in [3.05, 3.63) is 35.4 Å². The molecule has 100 valence electrons. The Morgan fingerprint density at radius 2 is 1.89 bits per heavy atom. The highest BCUT2D eigenvalue weighted by molar-refractivity contribution is 5.32. The SMILES string of the molecule is N#Cc1ccc(C(O)CN(CC2CC2)C2CC2)cc1. The van der Waals surface area contributed by atoms with Crippen LogP contribution in [0, 0.1) is 17.2 Å². The molecule has 0 radical (unpaired) electrons. The standard InChI is InChI=1S/C16H20N2O/c17-9-12-3-5-14(6-4-12)16(19)11-18(15-7-8-15)10-13-1-2-13/h3-6,13,15-16,19H,1-2,7-8,10-11H2. The van der Waals surface area contributed by atoms with E-state index in [2.05, 4.69) is 11.0 Å². The van der Waals surface area contributed by atoms with Gasteiger partial charge in [0.15, 0.2) is 0 Å². The zero-order chi connectivity index (χ0) is 13.2. The van der Waals surface area contributed by atoms with Gasteiger partial charge in [0.1, 0.15) is 0 Å². The van der Waals surface area contributed by atoms with E-state index in [0.717, 1.165) is 24.6 Å². The van der Waals surface area contributed by atoms with E-state index in [4.69, 9.17) is 5.26 Å². The summed E-state index contributed by atoms with van der Waals surface area (Å²) < 4.78 is 0. The Balaban J connectivity index is 1.61. The third-order valence-electron chi connectivity index (χ3n) is 4.08. The van der Waals surface area contributed by atoms with Crippen LogP contribution in [0.4, 0.5) is 0 Å². The second kappa shape index (κ2) is 5.32. The predicted octanol–water partition coefficient (Wildman–Crippen LogP) is 2.47. The van der Waals surface area contributed by atoms with Crippen LogP contribution >= 0.6 is 0 Å². The van der Waals surface area contributed by atoms with E-state index in [0.29, 0.717) is 11.6 Å². The third kappa shape index (κ3) is 3.34. The van der Waals surface area contributed by atoms with Crippen molar-refractivity contribution in [1.29, 1.82) is 5.26 Å². The molecule has 0 aromatic heterocycles. The number of nitrogens with zero attached hydrogens (tertiary/aromatic N) is 2. The number of benzene rings is 1. The molecule has 2 aliphatic carbocycles. The van der Waals surface area contributed by atoms with Gasteiger partial charge < -0.3 is 5.11 Å². The minimum absolute atomic E-state index is 0.438. The van der Waals surface area contributed by atoms with Gasteiger partial charge in [-0.15, -0.1) is 0 Å². The molecule has 2 aliphatic rings. The van der Waals surface area contributed by atoms with Crippen LogP contribution in [0.25, 0.3) is 0 Å². The maximum atomic E-state index is 10.3. The number of hydrogen-bond acceptors (Lipinski definition) is 3. The fourth-order valence-corrected chi connectivity index (χ4v) is 2.55. The Hall–Kier alpha value is -1.37. The highest BCUT2D eigenvalue weighted by Crippen LogP contribution is 2.35. The molecule has 3 nitrogen and oxygen atoms in total. The van der Waals surface area contributed by atoms with Crippen LogP contribution in [-0.2, 0) is 0 Å². The number of rotatable bonds is 6. The van der Waals surface area contributed by atoms with Crippen molar-refractivity contribution in [3.8, 4) is 6.07 Å². The molecule has 0 heterocycles. The van der Waals surface area contributed by atoms with E-state index in [1.807, 2.05) is 12.1 Å². The van der Waals surface area contributed by atoms with Crippen molar-refractivity contribution in [2.24, 2.45) is 5.92 Å². The second-order valence-corrected chi connectivity index (χ2v) is 5.88. The van der Waals surface area contributed by atoms with Gasteiger partial charge in [-0.05, 0) is 49.3 Å². The van der Waals surface area contributed by atoms with Crippen molar-refractivity contribution in [1.82, 2.24) is 4.90 Å². The smallest absolute Gasteiger partial charge is 0.0991 e. The van der Waals surface area contributed by atoms with Crippen LogP contribution in [0.15, 0.2) is 24.3 Å². The molecule has 3 rings (SSSR count). The summed E-state index contributed by atoms with van der Waals surface area (Å²) in [6, 6.07) is 10.1. The molecule has 0 amide bonds. The van der Waals surface area contributed by atoms with Crippen molar-refractivity contribution >= 4 is 0 Å². The lowest BCUT2D eigenvalue weighted by Crippen LogP contribution is -2.32. The zero-order valence-electron chi connectivity index (χ0n) is 11.1. The van der Waals surface area contributed by atoms with E-state index in [1.165, 1.54) is 25.7 Å². The van der Waals surface area contributed by atoms with Crippen molar-refractivity contribution in [2.75, 3.05) is 13.1 Å². The Labute approximate surface area is 114 Å². The minimum Gasteiger partial charge on any atom is -0.387 e. The zero-order valence-corrected chi connectivity index (χ0v) is 11.1. The molecule has 1 N–H and O–H groups in total. The first-order valence-electron chi connectivity index (χ1n) is 7.18. The lowest BCUT2D eigenvalue weighted by Gasteiger charge is -2.25. The predicted molar refractivity (Wildman–Crippen MR) is 73.4 cm³/mol. The second-order valence-electron chi connectivity index (χ2n) is 5.88. The number of nitriles is 1. The molecule has 0 aliphatic heterocycles. The van der Waals surface area contributed by atoms with Gasteiger partial charge in [-0.2, -0.15) is 5.26 Å². The molecule has 0 spiro atoms. The van der Waals surface area contributed by atoms with Crippen molar-refractivity contribution in [3.63, 3.8) is 0 Å². The summed E-state index contributed by atoms with van der Waals surface area (Å²) in [6.45, 7) is 1.88. The summed E-state index contributed by atoms with van der Waals surface area (Å²) in [5.74, 6) is 0.869. The van der Waals surface area contributed by atoms with Crippen LogP contribution in [0.2, 0.25) is 0 Å². The highest BCUT2D eigenvalue weighted by Gasteiger charge is 2.34. The van der Waals surface area contributed by atoms with Crippen molar-refractivity contribution in [2.45, 2.75) is 37.8 Å². The maximum absolute atomic E-state index is 10.3. The molecular weight excluding hydrogens is 236 g/mol. The first-order chi connectivity index (χ1) is 9.26. The van der Waals surface area contributed by atoms with Gasteiger partial charge in [0.25, 0.3) is 0 Å². The van der Waals surface area contributed by atoms with E-state index in [-0.39, 0.29) is 0 Å². The minimum atomic E-state index is -0.438. The average molecular weight is 256 g/mol. The molecule has 2 saturated carbocycles. The molecule has 1 aromatic rings. The lowest BCUT2D eigenvalue weighted by atomic mass is 10.1. The fraction of sp³-hybridized carbons (Fsp3) is 0.562. The van der Waals surface area contributed by atoms with Crippen LogP contribution in [0.3, 0.4) is 0 Å². The molecule has 1 aromatic carbocycles. The van der Waals surface area contributed by atoms with E-state index >= 15 is 0 Å². The summed E-state index contributed by atoms with van der Waals surface area (Å²) in [6.07, 6.45) is 4.85. The van der Waals surface area contributed by atoms with E-state index in [1.54, 1.807) is 12.1 Å². The summed E-state index contributed by atoms with van der Waals surface area (Å²) in [5, 5.41) is 19.1. The quantitative estimate of drug-likeness (QED) is 0.850. The van der Waals surface area contributed by atoms with Gasteiger partial charge in [-0.25, -0.2) is 0 Å². The first kappa shape index (κ1) is 12.7. The largest absolute Gasteiger partial charge is 0.387 e. The van der Waals surface area contributed by atoms with Gasteiger partial charge >= 0.3 is 0 Å². The maximum Gasteiger partial charge on any atom is 0.0991 e. The Morgan fingerprint density at radius 3 is 2.42 bits per heavy atom. The van der Waals surface area contributed by atoms with Gasteiger partial charge in [0.2, 0.25) is 0 Å². The molecule has 3 heteroatoms. The molecular formula is C16H20N2O.